The number of nitrogens with zero attached hydrogens (tertiary/aromatic N) is 4. The van der Waals surface area contributed by atoms with Crippen molar-refractivity contribution in [1.29, 1.82) is 0 Å². The lowest BCUT2D eigenvalue weighted by Crippen LogP contribution is -2.29. The van der Waals surface area contributed by atoms with Crippen LogP contribution in [0.25, 0.3) is 5.69 Å². The molecule has 1 amide bonds. The van der Waals surface area contributed by atoms with E-state index in [0.717, 1.165) is 22.6 Å². The lowest BCUT2D eigenvalue weighted by molar-refractivity contribution is 0.0742. The molecule has 0 fully saturated rings. The van der Waals surface area contributed by atoms with Crippen molar-refractivity contribution in [3.05, 3.63) is 108 Å². The van der Waals surface area contributed by atoms with E-state index in [1.807, 2.05) is 80.7 Å². The molecule has 0 aliphatic carbocycles. The second kappa shape index (κ2) is 9.26. The zero-order valence-electron chi connectivity index (χ0n) is 17.6. The number of benzene rings is 3. The average Bonchev–Trinajstić information content (AvgIpc) is 3.37. The zero-order valence-corrected chi connectivity index (χ0v) is 17.6. The fraction of sp³-hybridized carbons (Fsp3) is 0.160. The molecule has 0 spiro atoms. The molecule has 0 saturated carbocycles. The SMILES string of the molecule is C[C@@H](c1ccc(-n2cncn2)cc1)N(C)C(=O)c1ccc(OCc2ccccc2)cc1. The first kappa shape index (κ1) is 20.3. The molecule has 1 heterocycles. The molecule has 3 aromatic carbocycles. The molecular formula is C25H24N4O2. The van der Waals surface area contributed by atoms with Gasteiger partial charge in [-0.2, -0.15) is 5.10 Å². The molecule has 0 saturated heterocycles. The van der Waals surface area contributed by atoms with Crippen molar-refractivity contribution in [2.24, 2.45) is 0 Å². The van der Waals surface area contributed by atoms with Gasteiger partial charge in [0.1, 0.15) is 25.0 Å². The highest BCUT2D eigenvalue weighted by Crippen LogP contribution is 2.23. The van der Waals surface area contributed by atoms with E-state index in [1.165, 1.54) is 6.33 Å². The van der Waals surface area contributed by atoms with Gasteiger partial charge in [-0.25, -0.2) is 9.67 Å². The van der Waals surface area contributed by atoms with E-state index < -0.39 is 0 Å². The van der Waals surface area contributed by atoms with Crippen LogP contribution in [0.1, 0.15) is 34.5 Å². The maximum Gasteiger partial charge on any atom is 0.254 e. The first-order valence-corrected chi connectivity index (χ1v) is 10.1. The Balaban J connectivity index is 1.38. The summed E-state index contributed by atoms with van der Waals surface area (Å²) in [7, 11) is 1.82. The number of amides is 1. The third-order valence-electron chi connectivity index (χ3n) is 5.31. The van der Waals surface area contributed by atoms with Crippen LogP contribution >= 0.6 is 0 Å². The van der Waals surface area contributed by atoms with Crippen LogP contribution in [-0.2, 0) is 6.61 Å². The van der Waals surface area contributed by atoms with Crippen molar-refractivity contribution in [3.8, 4) is 11.4 Å². The third kappa shape index (κ3) is 4.80. The van der Waals surface area contributed by atoms with Gasteiger partial charge in [-0.05, 0) is 54.4 Å². The minimum absolute atomic E-state index is 0.0394. The largest absolute Gasteiger partial charge is 0.489 e. The van der Waals surface area contributed by atoms with E-state index in [2.05, 4.69) is 10.1 Å². The van der Waals surface area contributed by atoms with Crippen LogP contribution < -0.4 is 4.74 Å². The second-order valence-corrected chi connectivity index (χ2v) is 7.32. The normalized spacial score (nSPS) is 11.7. The summed E-state index contributed by atoms with van der Waals surface area (Å²) in [6, 6.07) is 25.1. The van der Waals surface area contributed by atoms with E-state index in [-0.39, 0.29) is 11.9 Å². The van der Waals surface area contributed by atoms with Gasteiger partial charge in [-0.15, -0.1) is 0 Å². The highest BCUT2D eigenvalue weighted by molar-refractivity contribution is 5.94. The van der Waals surface area contributed by atoms with Crippen LogP contribution in [0.15, 0.2) is 91.5 Å². The molecule has 4 rings (SSSR count). The molecule has 1 aromatic heterocycles. The molecule has 0 bridgehead atoms. The average molecular weight is 412 g/mol. The van der Waals surface area contributed by atoms with Gasteiger partial charge in [-0.3, -0.25) is 4.79 Å². The molecule has 4 aromatic rings. The van der Waals surface area contributed by atoms with Crippen molar-refractivity contribution in [2.45, 2.75) is 19.6 Å². The topological polar surface area (TPSA) is 60.2 Å². The lowest BCUT2D eigenvalue weighted by Gasteiger charge is -2.25. The summed E-state index contributed by atoms with van der Waals surface area (Å²) in [5, 5.41) is 4.13. The number of hydrogen-bond donors (Lipinski definition) is 0. The Labute approximate surface area is 181 Å². The number of rotatable bonds is 7. The second-order valence-electron chi connectivity index (χ2n) is 7.32. The van der Waals surface area contributed by atoms with Gasteiger partial charge >= 0.3 is 0 Å². The quantitative estimate of drug-likeness (QED) is 0.442. The molecule has 6 heteroatoms. The Hall–Kier alpha value is -3.93. The number of carbonyl (C=O) groups excluding carboxylic acids is 1. The molecule has 0 aliphatic heterocycles. The van der Waals surface area contributed by atoms with Crippen molar-refractivity contribution in [2.75, 3.05) is 7.05 Å². The standard InChI is InChI=1S/C25H24N4O2/c1-19(21-8-12-23(13-9-21)29-18-26-17-27-29)28(2)25(30)22-10-14-24(15-11-22)31-16-20-6-4-3-5-7-20/h3-15,17-19H,16H2,1-2H3/t19-/m0/s1. The molecule has 6 nitrogen and oxygen atoms in total. The van der Waals surface area contributed by atoms with E-state index in [0.29, 0.717) is 12.2 Å². The Morgan fingerprint density at radius 1 is 1.00 bits per heavy atom. The predicted octanol–water partition coefficient (Wildman–Crippen LogP) is 4.68. The molecule has 0 aliphatic rings. The van der Waals surface area contributed by atoms with Gasteiger partial charge in [0.05, 0.1) is 11.7 Å². The van der Waals surface area contributed by atoms with Gasteiger partial charge in [0, 0.05) is 12.6 Å². The highest BCUT2D eigenvalue weighted by Gasteiger charge is 2.19. The fourth-order valence-corrected chi connectivity index (χ4v) is 3.28. The Bertz CT molecular complexity index is 1110. The monoisotopic (exact) mass is 412 g/mol. The van der Waals surface area contributed by atoms with Gasteiger partial charge < -0.3 is 9.64 Å². The number of ether oxygens (including phenoxy) is 1. The maximum atomic E-state index is 13.0. The summed E-state index contributed by atoms with van der Waals surface area (Å²) in [6.45, 7) is 2.51. The molecule has 0 N–H and O–H groups in total. The smallest absolute Gasteiger partial charge is 0.254 e. The predicted molar refractivity (Wildman–Crippen MR) is 119 cm³/mol. The van der Waals surface area contributed by atoms with Crippen LogP contribution in [0.3, 0.4) is 0 Å². The number of carbonyl (C=O) groups is 1. The Kier molecular flexibility index (Phi) is 6.08. The van der Waals surface area contributed by atoms with Gasteiger partial charge in [-0.1, -0.05) is 42.5 Å². The summed E-state index contributed by atoms with van der Waals surface area (Å²) >= 11 is 0. The molecule has 1 atom stereocenters. The van der Waals surface area contributed by atoms with Gasteiger partial charge in [0.25, 0.3) is 5.91 Å². The molecule has 0 unspecified atom stereocenters. The van der Waals surface area contributed by atoms with E-state index in [1.54, 1.807) is 28.0 Å². The summed E-state index contributed by atoms with van der Waals surface area (Å²) in [5.74, 6) is 0.697. The summed E-state index contributed by atoms with van der Waals surface area (Å²) in [5.41, 5.74) is 3.70. The van der Waals surface area contributed by atoms with E-state index in [4.69, 9.17) is 4.74 Å². The molecule has 31 heavy (non-hydrogen) atoms. The minimum Gasteiger partial charge on any atom is -0.489 e. The van der Waals surface area contributed by atoms with Crippen LogP contribution in [0.2, 0.25) is 0 Å². The first-order valence-electron chi connectivity index (χ1n) is 10.1. The number of hydrogen-bond acceptors (Lipinski definition) is 4. The van der Waals surface area contributed by atoms with Crippen LogP contribution in [-0.4, -0.2) is 32.6 Å². The van der Waals surface area contributed by atoms with Crippen LogP contribution in [0, 0.1) is 0 Å². The minimum atomic E-state index is -0.0775. The van der Waals surface area contributed by atoms with Crippen molar-refractivity contribution in [1.82, 2.24) is 19.7 Å². The van der Waals surface area contributed by atoms with Crippen molar-refractivity contribution < 1.29 is 9.53 Å². The third-order valence-corrected chi connectivity index (χ3v) is 5.31. The number of aromatic nitrogens is 3. The summed E-state index contributed by atoms with van der Waals surface area (Å²) in [4.78, 5) is 18.7. The van der Waals surface area contributed by atoms with Crippen LogP contribution in [0.4, 0.5) is 0 Å². The van der Waals surface area contributed by atoms with Crippen molar-refractivity contribution >= 4 is 5.91 Å². The zero-order chi connectivity index (χ0) is 21.6. The van der Waals surface area contributed by atoms with Crippen molar-refractivity contribution in [3.63, 3.8) is 0 Å². The van der Waals surface area contributed by atoms with Gasteiger partial charge in [0.2, 0.25) is 0 Å². The van der Waals surface area contributed by atoms with E-state index in [9.17, 15) is 4.79 Å². The molecule has 0 radical (unpaired) electrons. The maximum absolute atomic E-state index is 13.0. The van der Waals surface area contributed by atoms with Crippen LogP contribution in [0.5, 0.6) is 5.75 Å². The Morgan fingerprint density at radius 2 is 1.71 bits per heavy atom. The van der Waals surface area contributed by atoms with E-state index >= 15 is 0 Å². The summed E-state index contributed by atoms with van der Waals surface area (Å²) in [6.07, 6.45) is 3.16. The first-order chi connectivity index (χ1) is 15.1. The summed E-state index contributed by atoms with van der Waals surface area (Å²) < 4.78 is 7.51. The molecular weight excluding hydrogens is 388 g/mol. The van der Waals surface area contributed by atoms with Gasteiger partial charge in [0.15, 0.2) is 0 Å². The Morgan fingerprint density at radius 3 is 2.35 bits per heavy atom. The lowest BCUT2D eigenvalue weighted by atomic mass is 10.1. The fourth-order valence-electron chi connectivity index (χ4n) is 3.28. The molecule has 156 valence electrons. The highest BCUT2D eigenvalue weighted by atomic mass is 16.5.